The van der Waals surface area contributed by atoms with Crippen LogP contribution in [0.2, 0.25) is 0 Å². The Morgan fingerprint density at radius 2 is 1.69 bits per heavy atom. The summed E-state index contributed by atoms with van der Waals surface area (Å²) in [5, 5.41) is 3.40. The van der Waals surface area contributed by atoms with Crippen molar-refractivity contribution in [1.29, 1.82) is 0 Å². The Hall–Kier alpha value is -3.82. The first-order valence-corrected chi connectivity index (χ1v) is 13.5. The molecule has 1 heterocycles. The first-order chi connectivity index (χ1) is 17.2. The number of methoxy groups -OCH3 is 1. The maximum absolute atomic E-state index is 13.7. The van der Waals surface area contributed by atoms with Crippen LogP contribution in [0, 0.1) is 6.92 Å². The van der Waals surface area contributed by atoms with Crippen LogP contribution in [0.25, 0.3) is 0 Å². The van der Waals surface area contributed by atoms with Gasteiger partial charge in [-0.1, -0.05) is 29.8 Å². The molecule has 0 saturated carbocycles. The Morgan fingerprint density at radius 1 is 1.00 bits per heavy atom. The molecule has 0 spiro atoms. The average Bonchev–Trinajstić information content (AvgIpc) is 3.21. The van der Waals surface area contributed by atoms with E-state index in [1.807, 2.05) is 13.8 Å². The number of benzene rings is 3. The van der Waals surface area contributed by atoms with Crippen LogP contribution in [0.15, 0.2) is 82.6 Å². The molecule has 7 nitrogen and oxygen atoms in total. The molecule has 0 radical (unpaired) electrons. The fourth-order valence-corrected chi connectivity index (χ4v) is 6.54. The number of carbonyl (C=O) groups excluding carboxylic acids is 1. The van der Waals surface area contributed by atoms with Crippen LogP contribution in [0.4, 0.5) is 16.4 Å². The van der Waals surface area contributed by atoms with Gasteiger partial charge in [0.05, 0.1) is 24.3 Å². The average molecular weight is 523 g/mol. The lowest BCUT2D eigenvalue weighted by molar-refractivity contribution is 0.104. The van der Waals surface area contributed by atoms with Gasteiger partial charge in [-0.2, -0.15) is 0 Å². The van der Waals surface area contributed by atoms with Crippen LogP contribution in [-0.2, 0) is 9.84 Å². The number of nitrogens with two attached hydrogens (primary N) is 1. The molecular formula is C27H26N2O5S2. The van der Waals surface area contributed by atoms with E-state index in [1.165, 1.54) is 19.2 Å². The second kappa shape index (κ2) is 10.4. The molecule has 0 fully saturated rings. The van der Waals surface area contributed by atoms with Crippen molar-refractivity contribution in [3.05, 3.63) is 88.8 Å². The van der Waals surface area contributed by atoms with Crippen LogP contribution in [0.1, 0.15) is 27.7 Å². The van der Waals surface area contributed by atoms with Crippen molar-refractivity contribution in [3.63, 3.8) is 0 Å². The highest BCUT2D eigenvalue weighted by Crippen LogP contribution is 2.44. The zero-order valence-corrected chi connectivity index (χ0v) is 21.7. The summed E-state index contributed by atoms with van der Waals surface area (Å²) in [5.74, 6) is 0.808. The quantitative estimate of drug-likeness (QED) is 0.265. The molecule has 1 aromatic heterocycles. The molecule has 4 rings (SSSR count). The van der Waals surface area contributed by atoms with Crippen molar-refractivity contribution >= 4 is 43.3 Å². The number of carbonyl (C=O) groups is 1. The first kappa shape index (κ1) is 25.3. The topological polar surface area (TPSA) is 108 Å². The zero-order chi connectivity index (χ0) is 25.9. The number of ether oxygens (including phenoxy) is 2. The van der Waals surface area contributed by atoms with E-state index in [0.717, 1.165) is 16.9 Å². The van der Waals surface area contributed by atoms with Gasteiger partial charge < -0.3 is 20.5 Å². The molecule has 0 saturated heterocycles. The number of hydrogen-bond donors (Lipinski definition) is 2. The highest BCUT2D eigenvalue weighted by Gasteiger charge is 2.31. The number of nitrogen functional groups attached to an aromatic ring is 1. The van der Waals surface area contributed by atoms with E-state index in [4.69, 9.17) is 15.2 Å². The number of sulfone groups is 1. The largest absolute Gasteiger partial charge is 0.497 e. The number of aryl methyl sites for hydroxylation is 1. The van der Waals surface area contributed by atoms with Crippen molar-refractivity contribution in [1.82, 2.24) is 0 Å². The molecular weight excluding hydrogens is 496 g/mol. The molecule has 9 heteroatoms. The second-order valence-electron chi connectivity index (χ2n) is 7.96. The van der Waals surface area contributed by atoms with Gasteiger partial charge in [0.2, 0.25) is 15.6 Å². The summed E-state index contributed by atoms with van der Waals surface area (Å²) in [4.78, 5) is 13.5. The third-order valence-electron chi connectivity index (χ3n) is 5.46. The fourth-order valence-electron chi connectivity index (χ4n) is 3.61. The van der Waals surface area contributed by atoms with E-state index in [0.29, 0.717) is 29.4 Å². The van der Waals surface area contributed by atoms with Gasteiger partial charge >= 0.3 is 0 Å². The van der Waals surface area contributed by atoms with Crippen molar-refractivity contribution in [2.45, 2.75) is 23.6 Å². The summed E-state index contributed by atoms with van der Waals surface area (Å²) in [7, 11) is -2.53. The van der Waals surface area contributed by atoms with Gasteiger partial charge in [-0.25, -0.2) is 8.42 Å². The van der Waals surface area contributed by atoms with E-state index in [2.05, 4.69) is 5.32 Å². The number of nitrogens with one attached hydrogen (secondary N) is 1. The minimum absolute atomic E-state index is 0.0905. The van der Waals surface area contributed by atoms with Crippen molar-refractivity contribution in [3.8, 4) is 11.5 Å². The molecule has 36 heavy (non-hydrogen) atoms. The van der Waals surface area contributed by atoms with Crippen molar-refractivity contribution in [2.24, 2.45) is 0 Å². The van der Waals surface area contributed by atoms with Gasteiger partial charge in [0.15, 0.2) is 0 Å². The van der Waals surface area contributed by atoms with E-state index < -0.39 is 15.6 Å². The Balaban J connectivity index is 1.83. The summed E-state index contributed by atoms with van der Waals surface area (Å²) in [6.07, 6.45) is 0. The third kappa shape index (κ3) is 5.07. The van der Waals surface area contributed by atoms with Crippen LogP contribution < -0.4 is 20.5 Å². The van der Waals surface area contributed by atoms with Gasteiger partial charge in [-0.3, -0.25) is 4.79 Å². The molecule has 0 aliphatic carbocycles. The van der Waals surface area contributed by atoms with E-state index in [9.17, 15) is 13.2 Å². The second-order valence-corrected chi connectivity index (χ2v) is 10.9. The number of thiophene rings is 1. The summed E-state index contributed by atoms with van der Waals surface area (Å²) in [6.45, 7) is 4.30. The fraction of sp³-hybridized carbons (Fsp3) is 0.148. The van der Waals surface area contributed by atoms with Gasteiger partial charge in [0, 0.05) is 11.3 Å². The van der Waals surface area contributed by atoms with E-state index in [-0.39, 0.29) is 25.4 Å². The maximum Gasteiger partial charge on any atom is 0.211 e. The van der Waals surface area contributed by atoms with Crippen LogP contribution in [0.3, 0.4) is 0 Å². The molecule has 3 aromatic carbocycles. The van der Waals surface area contributed by atoms with Gasteiger partial charge in [-0.15, -0.1) is 11.3 Å². The highest BCUT2D eigenvalue weighted by molar-refractivity contribution is 7.92. The molecule has 0 aliphatic rings. The maximum atomic E-state index is 13.7. The summed E-state index contributed by atoms with van der Waals surface area (Å²) >= 11 is 1.000. The monoisotopic (exact) mass is 522 g/mol. The molecule has 0 aliphatic heterocycles. The van der Waals surface area contributed by atoms with E-state index >= 15 is 0 Å². The van der Waals surface area contributed by atoms with Crippen LogP contribution >= 0.6 is 11.3 Å². The van der Waals surface area contributed by atoms with Gasteiger partial charge in [0.25, 0.3) is 0 Å². The molecule has 186 valence electrons. The molecule has 4 aromatic rings. The minimum Gasteiger partial charge on any atom is -0.497 e. The molecule has 0 bridgehead atoms. The predicted molar refractivity (Wildman–Crippen MR) is 143 cm³/mol. The van der Waals surface area contributed by atoms with Crippen LogP contribution in [0.5, 0.6) is 11.5 Å². The lowest BCUT2D eigenvalue weighted by Gasteiger charge is -2.10. The smallest absolute Gasteiger partial charge is 0.211 e. The predicted octanol–water partition coefficient (Wildman–Crippen LogP) is 5.85. The SMILES string of the molecule is CCOc1ccc(Nc2sc(C(=O)c3cccc(OC)c3)c(N)c2S(=O)(=O)c2ccc(C)cc2)cc1. The minimum atomic E-state index is -4.04. The normalized spacial score (nSPS) is 11.2. The lowest BCUT2D eigenvalue weighted by Crippen LogP contribution is -2.08. The summed E-state index contributed by atoms with van der Waals surface area (Å²) < 4.78 is 38.2. The molecule has 0 unspecified atom stereocenters. The van der Waals surface area contributed by atoms with Gasteiger partial charge in [0.1, 0.15) is 26.3 Å². The summed E-state index contributed by atoms with van der Waals surface area (Å²) in [5.41, 5.74) is 8.20. The Morgan fingerprint density at radius 3 is 2.33 bits per heavy atom. The summed E-state index contributed by atoms with van der Waals surface area (Å²) in [6, 6.07) is 20.2. The number of rotatable bonds is 9. The molecule has 0 amide bonds. The van der Waals surface area contributed by atoms with E-state index in [1.54, 1.807) is 60.7 Å². The lowest BCUT2D eigenvalue weighted by atomic mass is 10.1. The Bertz CT molecular complexity index is 1490. The molecule has 3 N–H and O–H groups in total. The molecule has 0 atom stereocenters. The number of anilines is 3. The number of hydrogen-bond acceptors (Lipinski definition) is 8. The van der Waals surface area contributed by atoms with Crippen molar-refractivity contribution < 1.29 is 22.7 Å². The third-order valence-corrected chi connectivity index (χ3v) is 8.56. The van der Waals surface area contributed by atoms with Crippen molar-refractivity contribution in [2.75, 3.05) is 24.8 Å². The Kier molecular flexibility index (Phi) is 7.32. The Labute approximate surface area is 214 Å². The standard InChI is InChI=1S/C27H26N2O5S2/c1-4-34-20-12-10-19(11-13-20)29-27-26(36(31,32)22-14-8-17(2)9-15-22)23(28)25(35-27)24(30)18-6-5-7-21(16-18)33-3/h5-16,29H,4,28H2,1-3H3. The zero-order valence-electron chi connectivity index (χ0n) is 20.1. The van der Waals surface area contributed by atoms with Gasteiger partial charge in [-0.05, 0) is 62.4 Å². The number of ketones is 1. The highest BCUT2D eigenvalue weighted by atomic mass is 32.2. The first-order valence-electron chi connectivity index (χ1n) is 11.2. The van der Waals surface area contributed by atoms with Crippen LogP contribution in [-0.4, -0.2) is 27.9 Å².